The molecule has 0 heterocycles. The summed E-state index contributed by atoms with van der Waals surface area (Å²) in [6.07, 6.45) is 0.755. The predicted molar refractivity (Wildman–Crippen MR) is 60.9 cm³/mol. The largest absolute Gasteiger partial charge is 0.197 e. The minimum absolute atomic E-state index is 0.0897. The van der Waals surface area contributed by atoms with Gasteiger partial charge < -0.3 is 0 Å². The minimum Gasteiger partial charge on any atom is -0.197 e. The molecule has 0 amide bonds. The number of aryl methyl sites for hydroxylation is 1. The maximum atomic E-state index is 8.61. The van der Waals surface area contributed by atoms with Gasteiger partial charge >= 0.3 is 0 Å². The normalized spacial score (nSPS) is 12.2. The van der Waals surface area contributed by atoms with Crippen molar-refractivity contribution in [2.45, 2.75) is 18.2 Å². The van der Waals surface area contributed by atoms with E-state index in [0.29, 0.717) is 0 Å². The fourth-order valence-electron chi connectivity index (χ4n) is 1.09. The van der Waals surface area contributed by atoms with E-state index in [0.717, 1.165) is 10.9 Å². The van der Waals surface area contributed by atoms with Gasteiger partial charge in [-0.15, -0.1) is 0 Å². The lowest BCUT2D eigenvalue weighted by atomic mass is 10.1. The van der Waals surface area contributed by atoms with Crippen LogP contribution in [-0.2, 0) is 6.42 Å². The van der Waals surface area contributed by atoms with Gasteiger partial charge in [-0.1, -0.05) is 44.0 Å². The number of nitrogens with zero attached hydrogens (tertiary/aromatic N) is 1. The van der Waals surface area contributed by atoms with Gasteiger partial charge in [-0.2, -0.15) is 5.26 Å². The third-order valence-corrected chi connectivity index (χ3v) is 3.20. The van der Waals surface area contributed by atoms with E-state index in [-0.39, 0.29) is 4.83 Å². The quantitative estimate of drug-likeness (QED) is 0.766. The number of hydrogen-bond donors (Lipinski definition) is 0. The Balaban J connectivity index is 2.81. The maximum absolute atomic E-state index is 8.61. The Morgan fingerprint density at radius 2 is 2.23 bits per heavy atom. The Bertz CT molecular complexity index is 341. The molecule has 0 bridgehead atoms. The van der Waals surface area contributed by atoms with Crippen LogP contribution in [0.4, 0.5) is 0 Å². The van der Waals surface area contributed by atoms with Gasteiger partial charge in [0, 0.05) is 4.47 Å². The third-order valence-electron chi connectivity index (χ3n) is 1.78. The van der Waals surface area contributed by atoms with Gasteiger partial charge in [0.25, 0.3) is 0 Å². The molecule has 0 radical (unpaired) electrons. The zero-order valence-electron chi connectivity index (χ0n) is 7.22. The zero-order valence-corrected chi connectivity index (χ0v) is 10.4. The van der Waals surface area contributed by atoms with Gasteiger partial charge in [-0.05, 0) is 30.5 Å². The molecule has 1 aromatic carbocycles. The van der Waals surface area contributed by atoms with Crippen molar-refractivity contribution in [2.24, 2.45) is 0 Å². The summed E-state index contributed by atoms with van der Waals surface area (Å²) in [4.78, 5) is -0.0897. The average molecular weight is 303 g/mol. The molecule has 1 atom stereocenters. The molecule has 0 fully saturated rings. The Morgan fingerprint density at radius 3 is 2.77 bits per heavy atom. The molecule has 0 aliphatic heterocycles. The van der Waals surface area contributed by atoms with E-state index in [9.17, 15) is 0 Å². The van der Waals surface area contributed by atoms with E-state index in [1.165, 1.54) is 11.1 Å². The summed E-state index contributed by atoms with van der Waals surface area (Å²) in [7, 11) is 0. The van der Waals surface area contributed by atoms with E-state index in [4.69, 9.17) is 5.26 Å². The molecule has 0 N–H and O–H groups in total. The highest BCUT2D eigenvalue weighted by atomic mass is 79.9. The zero-order chi connectivity index (χ0) is 9.84. The van der Waals surface area contributed by atoms with Crippen LogP contribution in [0.25, 0.3) is 0 Å². The summed E-state index contributed by atoms with van der Waals surface area (Å²) in [5.74, 6) is 0. The first-order chi connectivity index (χ1) is 6.13. The molecule has 0 aliphatic rings. The van der Waals surface area contributed by atoms with Crippen LogP contribution in [0.2, 0.25) is 0 Å². The highest BCUT2D eigenvalue weighted by molar-refractivity contribution is 9.10. The summed E-state index contributed by atoms with van der Waals surface area (Å²) in [6, 6.07) is 8.29. The smallest absolute Gasteiger partial charge is 0.105 e. The molecule has 0 saturated carbocycles. The third kappa shape index (κ3) is 3.13. The van der Waals surface area contributed by atoms with Crippen LogP contribution < -0.4 is 0 Å². The molecule has 0 aromatic heterocycles. The van der Waals surface area contributed by atoms with Crippen molar-refractivity contribution in [3.63, 3.8) is 0 Å². The highest BCUT2D eigenvalue weighted by Crippen LogP contribution is 2.19. The predicted octanol–water partition coefficient (Wildman–Crippen LogP) is 3.59. The second-order valence-corrected chi connectivity index (χ2v) is 4.84. The summed E-state index contributed by atoms with van der Waals surface area (Å²) in [6.45, 7) is 2.04. The standard InChI is InChI=1S/C10H9Br2N/c1-7-4-8(2-3-10(7)12)5-9(11)6-13/h2-4,9H,5H2,1H3. The van der Waals surface area contributed by atoms with Crippen LogP contribution in [0.5, 0.6) is 0 Å². The molecular formula is C10H9Br2N. The summed E-state index contributed by atoms with van der Waals surface area (Å²) in [5.41, 5.74) is 2.39. The van der Waals surface area contributed by atoms with E-state index in [1.807, 2.05) is 19.1 Å². The van der Waals surface area contributed by atoms with Crippen molar-refractivity contribution < 1.29 is 0 Å². The number of alkyl halides is 1. The van der Waals surface area contributed by atoms with Gasteiger partial charge in [0.1, 0.15) is 4.83 Å². The Labute approximate surface area is 95.0 Å². The lowest BCUT2D eigenvalue weighted by molar-refractivity contribution is 1.04. The van der Waals surface area contributed by atoms with Crippen molar-refractivity contribution in [1.29, 1.82) is 5.26 Å². The minimum atomic E-state index is -0.0897. The van der Waals surface area contributed by atoms with Crippen LogP contribution >= 0.6 is 31.9 Å². The first-order valence-electron chi connectivity index (χ1n) is 3.92. The van der Waals surface area contributed by atoms with E-state index in [2.05, 4.69) is 44.0 Å². The molecule has 1 aromatic rings. The monoisotopic (exact) mass is 301 g/mol. The fraction of sp³-hybridized carbons (Fsp3) is 0.300. The van der Waals surface area contributed by atoms with E-state index in [1.54, 1.807) is 0 Å². The molecule has 0 saturated heterocycles. The summed E-state index contributed by atoms with van der Waals surface area (Å²) >= 11 is 6.72. The molecule has 13 heavy (non-hydrogen) atoms. The maximum Gasteiger partial charge on any atom is 0.105 e. The molecular weight excluding hydrogens is 294 g/mol. The Hall–Kier alpha value is -0.330. The van der Waals surface area contributed by atoms with Gasteiger partial charge in [0.05, 0.1) is 6.07 Å². The molecule has 1 rings (SSSR count). The van der Waals surface area contributed by atoms with Crippen molar-refractivity contribution >= 4 is 31.9 Å². The van der Waals surface area contributed by atoms with Crippen molar-refractivity contribution in [1.82, 2.24) is 0 Å². The Morgan fingerprint density at radius 1 is 1.54 bits per heavy atom. The van der Waals surface area contributed by atoms with Crippen molar-refractivity contribution in [3.8, 4) is 6.07 Å². The molecule has 0 spiro atoms. The Kier molecular flexibility index (Phi) is 3.95. The second-order valence-electron chi connectivity index (χ2n) is 2.88. The number of hydrogen-bond acceptors (Lipinski definition) is 1. The van der Waals surface area contributed by atoms with Crippen molar-refractivity contribution in [3.05, 3.63) is 33.8 Å². The molecule has 1 unspecified atom stereocenters. The lowest BCUT2D eigenvalue weighted by Gasteiger charge is -2.04. The SMILES string of the molecule is Cc1cc(CC(Br)C#N)ccc1Br. The molecule has 3 heteroatoms. The van der Waals surface area contributed by atoms with Crippen LogP contribution in [0.15, 0.2) is 22.7 Å². The number of rotatable bonds is 2. The highest BCUT2D eigenvalue weighted by Gasteiger charge is 2.04. The molecule has 1 nitrogen and oxygen atoms in total. The van der Waals surface area contributed by atoms with Crippen molar-refractivity contribution in [2.75, 3.05) is 0 Å². The van der Waals surface area contributed by atoms with Crippen LogP contribution in [0.1, 0.15) is 11.1 Å². The van der Waals surface area contributed by atoms with Crippen LogP contribution in [0.3, 0.4) is 0 Å². The van der Waals surface area contributed by atoms with E-state index >= 15 is 0 Å². The van der Waals surface area contributed by atoms with Crippen LogP contribution in [-0.4, -0.2) is 4.83 Å². The first kappa shape index (κ1) is 10.7. The molecule has 0 aliphatic carbocycles. The first-order valence-corrected chi connectivity index (χ1v) is 5.63. The fourth-order valence-corrected chi connectivity index (χ4v) is 1.71. The molecule has 68 valence electrons. The second kappa shape index (κ2) is 4.78. The van der Waals surface area contributed by atoms with Crippen LogP contribution in [0, 0.1) is 18.3 Å². The average Bonchev–Trinajstić information content (AvgIpc) is 2.11. The van der Waals surface area contributed by atoms with Gasteiger partial charge in [-0.25, -0.2) is 0 Å². The van der Waals surface area contributed by atoms with E-state index < -0.39 is 0 Å². The number of nitriles is 1. The summed E-state index contributed by atoms with van der Waals surface area (Å²) in [5, 5.41) is 8.61. The number of benzene rings is 1. The number of halogens is 2. The lowest BCUT2D eigenvalue weighted by Crippen LogP contribution is -1.98. The van der Waals surface area contributed by atoms with Gasteiger partial charge in [-0.3, -0.25) is 0 Å². The summed E-state index contributed by atoms with van der Waals surface area (Å²) < 4.78 is 1.11. The topological polar surface area (TPSA) is 23.8 Å². The van der Waals surface area contributed by atoms with Gasteiger partial charge in [0.2, 0.25) is 0 Å². The van der Waals surface area contributed by atoms with Gasteiger partial charge in [0.15, 0.2) is 0 Å².